The molecule has 19 heavy (non-hydrogen) atoms. The molecular formula is C15H15N3S. The molecule has 1 N–H and O–H groups in total. The molecule has 4 heteroatoms. The van der Waals surface area contributed by atoms with Crippen molar-refractivity contribution >= 4 is 22.0 Å². The van der Waals surface area contributed by atoms with E-state index in [1.165, 1.54) is 36.1 Å². The van der Waals surface area contributed by atoms with Crippen LogP contribution in [0.15, 0.2) is 36.0 Å². The van der Waals surface area contributed by atoms with E-state index >= 15 is 0 Å². The Balaban J connectivity index is 1.51. The summed E-state index contributed by atoms with van der Waals surface area (Å²) in [6.45, 7) is 0.785. The molecule has 96 valence electrons. The second-order valence-corrected chi connectivity index (χ2v) is 5.89. The lowest BCUT2D eigenvalue weighted by atomic mass is 10.1. The first kappa shape index (κ1) is 11.1. The number of nitrogens with zero attached hydrogens (tertiary/aromatic N) is 2. The first-order chi connectivity index (χ1) is 9.38. The lowest BCUT2D eigenvalue weighted by Gasteiger charge is -2.06. The van der Waals surface area contributed by atoms with Crippen molar-refractivity contribution in [2.24, 2.45) is 0 Å². The number of anilines is 1. The van der Waals surface area contributed by atoms with Gasteiger partial charge >= 0.3 is 0 Å². The fraction of sp³-hybridized carbons (Fsp3) is 0.267. The van der Waals surface area contributed by atoms with Gasteiger partial charge in [0.25, 0.3) is 0 Å². The number of thiazole rings is 1. The average molecular weight is 269 g/mol. The van der Waals surface area contributed by atoms with Gasteiger partial charge in [-0.05, 0) is 42.5 Å². The van der Waals surface area contributed by atoms with Crippen molar-refractivity contribution in [3.63, 3.8) is 0 Å². The summed E-state index contributed by atoms with van der Waals surface area (Å²) in [7, 11) is 0. The van der Waals surface area contributed by atoms with Crippen LogP contribution in [0.3, 0.4) is 0 Å². The van der Waals surface area contributed by atoms with Crippen LogP contribution in [-0.4, -0.2) is 9.38 Å². The number of aromatic nitrogens is 2. The van der Waals surface area contributed by atoms with Crippen LogP contribution in [0.4, 0.5) is 5.69 Å². The summed E-state index contributed by atoms with van der Waals surface area (Å²) in [5.74, 6) is 0. The SMILES string of the molecule is c1cn2cc(CNc3ccc4c(c3)CCC4)nc2s1. The van der Waals surface area contributed by atoms with Crippen LogP contribution in [0, 0.1) is 0 Å². The maximum Gasteiger partial charge on any atom is 0.193 e. The van der Waals surface area contributed by atoms with E-state index in [4.69, 9.17) is 0 Å². The highest BCUT2D eigenvalue weighted by Gasteiger charge is 2.10. The normalized spacial score (nSPS) is 13.9. The van der Waals surface area contributed by atoms with E-state index in [2.05, 4.69) is 44.5 Å². The molecule has 0 spiro atoms. The molecule has 0 unspecified atom stereocenters. The number of imidazole rings is 1. The zero-order valence-corrected chi connectivity index (χ0v) is 11.4. The maximum atomic E-state index is 4.58. The number of nitrogens with one attached hydrogen (secondary N) is 1. The first-order valence-corrected chi connectivity index (χ1v) is 7.53. The van der Waals surface area contributed by atoms with E-state index in [0.29, 0.717) is 0 Å². The minimum absolute atomic E-state index is 0.785. The topological polar surface area (TPSA) is 29.3 Å². The number of hydrogen-bond donors (Lipinski definition) is 1. The van der Waals surface area contributed by atoms with Gasteiger partial charge in [0, 0.05) is 23.5 Å². The third-order valence-electron chi connectivity index (χ3n) is 3.72. The summed E-state index contributed by atoms with van der Waals surface area (Å²) >= 11 is 1.67. The Hall–Kier alpha value is -1.81. The van der Waals surface area contributed by atoms with E-state index in [1.54, 1.807) is 11.3 Å². The monoisotopic (exact) mass is 269 g/mol. The van der Waals surface area contributed by atoms with E-state index in [0.717, 1.165) is 17.2 Å². The zero-order chi connectivity index (χ0) is 12.7. The Bertz CT molecular complexity index is 697. The molecule has 0 aliphatic heterocycles. The fourth-order valence-corrected chi connectivity index (χ4v) is 3.45. The Labute approximate surface area is 115 Å². The third-order valence-corrected chi connectivity index (χ3v) is 4.49. The third kappa shape index (κ3) is 2.02. The number of aryl methyl sites for hydroxylation is 2. The molecule has 0 atom stereocenters. The fourth-order valence-electron chi connectivity index (χ4n) is 2.74. The molecule has 0 radical (unpaired) electrons. The molecule has 4 rings (SSSR count). The standard InChI is InChI=1S/C15H15N3S/c1-2-11-4-5-13(8-12(11)3-1)16-9-14-10-18-6-7-19-15(18)17-14/h4-8,10,16H,1-3,9H2. The highest BCUT2D eigenvalue weighted by molar-refractivity contribution is 7.15. The first-order valence-electron chi connectivity index (χ1n) is 6.65. The van der Waals surface area contributed by atoms with Crippen LogP contribution in [0.25, 0.3) is 4.96 Å². The van der Waals surface area contributed by atoms with Gasteiger partial charge < -0.3 is 5.32 Å². The van der Waals surface area contributed by atoms with Gasteiger partial charge in [0.2, 0.25) is 0 Å². The molecule has 1 aliphatic rings. The second kappa shape index (κ2) is 4.38. The van der Waals surface area contributed by atoms with Crippen molar-refractivity contribution in [1.29, 1.82) is 0 Å². The molecule has 0 saturated heterocycles. The van der Waals surface area contributed by atoms with E-state index in [1.807, 2.05) is 6.20 Å². The van der Waals surface area contributed by atoms with Gasteiger partial charge in [-0.15, -0.1) is 11.3 Å². The Morgan fingerprint density at radius 1 is 1.26 bits per heavy atom. The minimum Gasteiger partial charge on any atom is -0.379 e. The van der Waals surface area contributed by atoms with Crippen LogP contribution < -0.4 is 5.32 Å². The molecule has 0 amide bonds. The summed E-state index contributed by atoms with van der Waals surface area (Å²) in [5.41, 5.74) is 5.33. The predicted molar refractivity (Wildman–Crippen MR) is 78.9 cm³/mol. The van der Waals surface area contributed by atoms with E-state index in [9.17, 15) is 0 Å². The highest BCUT2D eigenvalue weighted by atomic mass is 32.1. The minimum atomic E-state index is 0.785. The van der Waals surface area contributed by atoms with Crippen molar-refractivity contribution in [1.82, 2.24) is 9.38 Å². The van der Waals surface area contributed by atoms with Gasteiger partial charge in [-0.1, -0.05) is 6.07 Å². The zero-order valence-electron chi connectivity index (χ0n) is 10.6. The molecule has 3 nitrogen and oxygen atoms in total. The van der Waals surface area contributed by atoms with Crippen molar-refractivity contribution in [3.8, 4) is 0 Å². The van der Waals surface area contributed by atoms with Crippen molar-refractivity contribution in [3.05, 3.63) is 52.8 Å². The number of hydrogen-bond acceptors (Lipinski definition) is 3. The number of rotatable bonds is 3. The summed E-state index contributed by atoms with van der Waals surface area (Å²) in [4.78, 5) is 5.64. The molecule has 2 heterocycles. The van der Waals surface area contributed by atoms with Gasteiger partial charge in [0.05, 0.1) is 12.2 Å². The Kier molecular flexibility index (Phi) is 2.55. The van der Waals surface area contributed by atoms with Gasteiger partial charge in [-0.2, -0.15) is 0 Å². The molecule has 0 bridgehead atoms. The smallest absolute Gasteiger partial charge is 0.193 e. The Morgan fingerprint density at radius 2 is 2.21 bits per heavy atom. The molecule has 0 saturated carbocycles. The van der Waals surface area contributed by atoms with Crippen molar-refractivity contribution < 1.29 is 0 Å². The van der Waals surface area contributed by atoms with Gasteiger partial charge in [-0.3, -0.25) is 4.40 Å². The van der Waals surface area contributed by atoms with Crippen LogP contribution in [0.5, 0.6) is 0 Å². The number of fused-ring (bicyclic) bond motifs is 2. The van der Waals surface area contributed by atoms with Crippen molar-refractivity contribution in [2.45, 2.75) is 25.8 Å². The van der Waals surface area contributed by atoms with Crippen LogP contribution in [0.1, 0.15) is 23.2 Å². The van der Waals surface area contributed by atoms with Crippen molar-refractivity contribution in [2.75, 3.05) is 5.32 Å². The van der Waals surface area contributed by atoms with E-state index in [-0.39, 0.29) is 0 Å². The lowest BCUT2D eigenvalue weighted by Crippen LogP contribution is -2.00. The van der Waals surface area contributed by atoms with Crippen LogP contribution in [-0.2, 0) is 19.4 Å². The molecule has 1 aliphatic carbocycles. The van der Waals surface area contributed by atoms with Gasteiger partial charge in [0.1, 0.15) is 0 Å². The predicted octanol–water partition coefficient (Wildman–Crippen LogP) is 3.50. The van der Waals surface area contributed by atoms with Crippen LogP contribution >= 0.6 is 11.3 Å². The quantitative estimate of drug-likeness (QED) is 0.788. The van der Waals surface area contributed by atoms with Crippen LogP contribution in [0.2, 0.25) is 0 Å². The molecule has 0 fully saturated rings. The second-order valence-electron chi connectivity index (χ2n) is 5.02. The van der Waals surface area contributed by atoms with Gasteiger partial charge in [-0.25, -0.2) is 4.98 Å². The summed E-state index contributed by atoms with van der Waals surface area (Å²) in [6, 6.07) is 6.74. The Morgan fingerprint density at radius 3 is 3.16 bits per heavy atom. The van der Waals surface area contributed by atoms with Gasteiger partial charge in [0.15, 0.2) is 4.96 Å². The summed E-state index contributed by atoms with van der Waals surface area (Å²) in [6.07, 6.45) is 7.91. The molecular weight excluding hydrogens is 254 g/mol. The summed E-state index contributed by atoms with van der Waals surface area (Å²) < 4.78 is 2.07. The highest BCUT2D eigenvalue weighted by Crippen LogP contribution is 2.25. The molecule has 1 aromatic carbocycles. The lowest BCUT2D eigenvalue weighted by molar-refractivity contribution is 0.912. The summed E-state index contributed by atoms with van der Waals surface area (Å²) in [5, 5.41) is 5.53. The number of benzene rings is 1. The molecule has 3 aromatic rings. The van der Waals surface area contributed by atoms with E-state index < -0.39 is 0 Å². The molecule has 2 aromatic heterocycles. The maximum absolute atomic E-state index is 4.58. The largest absolute Gasteiger partial charge is 0.379 e. The average Bonchev–Trinajstić information content (AvgIpc) is 3.10.